The number of nitriles is 1. The maximum Gasteiger partial charge on any atom is 0.240 e. The van der Waals surface area contributed by atoms with Gasteiger partial charge in [-0.3, -0.25) is 4.79 Å². The minimum absolute atomic E-state index is 0.0903. The molecule has 3 N–H and O–H groups in total. The molecule has 0 aliphatic heterocycles. The van der Waals surface area contributed by atoms with E-state index in [1.54, 1.807) is 0 Å². The molecule has 0 bridgehead atoms. The summed E-state index contributed by atoms with van der Waals surface area (Å²) in [7, 11) is 0. The summed E-state index contributed by atoms with van der Waals surface area (Å²) < 4.78 is 0. The lowest BCUT2D eigenvalue weighted by Gasteiger charge is -2.31. The maximum absolute atomic E-state index is 11.6. The zero-order valence-corrected chi connectivity index (χ0v) is 8.38. The first-order valence-electron chi connectivity index (χ1n) is 5.13. The summed E-state index contributed by atoms with van der Waals surface area (Å²) in [5.74, 6) is -0.0903. The summed E-state index contributed by atoms with van der Waals surface area (Å²) >= 11 is 0. The number of hydrogen-bond donors (Lipinski definition) is 2. The molecule has 0 saturated heterocycles. The van der Waals surface area contributed by atoms with Crippen LogP contribution in [0.1, 0.15) is 38.5 Å². The van der Waals surface area contributed by atoms with Gasteiger partial charge in [-0.1, -0.05) is 19.3 Å². The number of rotatable bonds is 3. The van der Waals surface area contributed by atoms with Crippen molar-refractivity contribution in [1.82, 2.24) is 5.32 Å². The third-order valence-corrected chi connectivity index (χ3v) is 2.72. The van der Waals surface area contributed by atoms with Crippen molar-refractivity contribution in [2.45, 2.75) is 44.1 Å². The van der Waals surface area contributed by atoms with Crippen LogP contribution in [0, 0.1) is 11.3 Å². The first kappa shape index (κ1) is 11.0. The van der Waals surface area contributed by atoms with E-state index >= 15 is 0 Å². The predicted octanol–water partition coefficient (Wildman–Crippen LogP) is 0.678. The van der Waals surface area contributed by atoms with E-state index in [1.165, 1.54) is 6.42 Å². The van der Waals surface area contributed by atoms with E-state index in [0.29, 0.717) is 13.0 Å². The van der Waals surface area contributed by atoms with Crippen LogP contribution in [0.4, 0.5) is 0 Å². The molecule has 0 spiro atoms. The van der Waals surface area contributed by atoms with Gasteiger partial charge in [0.15, 0.2) is 0 Å². The van der Waals surface area contributed by atoms with E-state index in [0.717, 1.165) is 25.7 Å². The van der Waals surface area contributed by atoms with E-state index in [1.807, 2.05) is 6.07 Å². The molecule has 1 amide bonds. The smallest absolute Gasteiger partial charge is 0.240 e. The molecule has 0 radical (unpaired) electrons. The van der Waals surface area contributed by atoms with Crippen molar-refractivity contribution in [2.75, 3.05) is 6.54 Å². The molecular weight excluding hydrogens is 178 g/mol. The predicted molar refractivity (Wildman–Crippen MR) is 53.2 cm³/mol. The van der Waals surface area contributed by atoms with Gasteiger partial charge in [-0.25, -0.2) is 0 Å². The van der Waals surface area contributed by atoms with Gasteiger partial charge in [0.1, 0.15) is 0 Å². The second-order valence-electron chi connectivity index (χ2n) is 3.88. The summed E-state index contributed by atoms with van der Waals surface area (Å²) in [5.41, 5.74) is 5.32. The van der Waals surface area contributed by atoms with Gasteiger partial charge in [-0.15, -0.1) is 0 Å². The van der Waals surface area contributed by atoms with E-state index in [-0.39, 0.29) is 5.91 Å². The second-order valence-corrected chi connectivity index (χ2v) is 3.88. The Balaban J connectivity index is 2.38. The van der Waals surface area contributed by atoms with Crippen LogP contribution in [0.3, 0.4) is 0 Å². The Bertz CT molecular complexity index is 238. The highest BCUT2D eigenvalue weighted by Gasteiger charge is 2.34. The highest BCUT2D eigenvalue weighted by Crippen LogP contribution is 2.25. The van der Waals surface area contributed by atoms with Crippen LogP contribution in [-0.2, 0) is 4.79 Å². The Labute approximate surface area is 84.5 Å². The van der Waals surface area contributed by atoms with Crippen LogP contribution in [0.15, 0.2) is 0 Å². The number of carbonyl (C=O) groups is 1. The molecule has 14 heavy (non-hydrogen) atoms. The molecule has 0 aromatic rings. The van der Waals surface area contributed by atoms with Crippen molar-refractivity contribution in [3.8, 4) is 6.07 Å². The van der Waals surface area contributed by atoms with Gasteiger partial charge < -0.3 is 11.1 Å². The Morgan fingerprint density at radius 2 is 2.07 bits per heavy atom. The Kier molecular flexibility index (Phi) is 3.90. The average Bonchev–Trinajstić information content (AvgIpc) is 2.19. The number of nitrogens with one attached hydrogen (secondary N) is 1. The monoisotopic (exact) mass is 195 g/mol. The van der Waals surface area contributed by atoms with Gasteiger partial charge in [-0.2, -0.15) is 5.26 Å². The Hall–Kier alpha value is -1.08. The number of carbonyl (C=O) groups excluding carboxylic acids is 1. The molecule has 1 rings (SSSR count). The maximum atomic E-state index is 11.6. The SMILES string of the molecule is N#CCCNC(=O)C1(N)CCCCC1. The fourth-order valence-corrected chi connectivity index (χ4v) is 1.82. The zero-order valence-electron chi connectivity index (χ0n) is 8.38. The van der Waals surface area contributed by atoms with Crippen LogP contribution in [0.2, 0.25) is 0 Å². The number of nitrogens with zero attached hydrogens (tertiary/aromatic N) is 1. The highest BCUT2D eigenvalue weighted by atomic mass is 16.2. The lowest BCUT2D eigenvalue weighted by molar-refractivity contribution is -0.127. The van der Waals surface area contributed by atoms with Gasteiger partial charge in [0.25, 0.3) is 0 Å². The van der Waals surface area contributed by atoms with Crippen molar-refractivity contribution in [2.24, 2.45) is 5.73 Å². The van der Waals surface area contributed by atoms with E-state index < -0.39 is 5.54 Å². The first-order chi connectivity index (χ1) is 6.69. The fourth-order valence-electron chi connectivity index (χ4n) is 1.82. The highest BCUT2D eigenvalue weighted by molar-refractivity contribution is 5.86. The summed E-state index contributed by atoms with van der Waals surface area (Å²) in [6, 6.07) is 1.98. The first-order valence-corrected chi connectivity index (χ1v) is 5.13. The lowest BCUT2D eigenvalue weighted by atomic mass is 9.82. The molecule has 0 atom stereocenters. The van der Waals surface area contributed by atoms with E-state index in [2.05, 4.69) is 5.32 Å². The summed E-state index contributed by atoms with van der Waals surface area (Å²) in [5, 5.41) is 11.0. The van der Waals surface area contributed by atoms with Gasteiger partial charge >= 0.3 is 0 Å². The van der Waals surface area contributed by atoms with Crippen molar-refractivity contribution >= 4 is 5.91 Å². The van der Waals surface area contributed by atoms with Gasteiger partial charge in [0.2, 0.25) is 5.91 Å². The molecule has 1 saturated carbocycles. The second kappa shape index (κ2) is 4.97. The fraction of sp³-hybridized carbons (Fsp3) is 0.800. The number of hydrogen-bond acceptors (Lipinski definition) is 3. The molecule has 0 aromatic carbocycles. The number of nitrogens with two attached hydrogens (primary N) is 1. The molecule has 0 unspecified atom stereocenters. The van der Waals surface area contributed by atoms with E-state index in [9.17, 15) is 4.79 Å². The van der Waals surface area contributed by atoms with Gasteiger partial charge in [0, 0.05) is 6.54 Å². The van der Waals surface area contributed by atoms with Crippen LogP contribution in [0.5, 0.6) is 0 Å². The molecule has 1 fully saturated rings. The normalized spacial score (nSPS) is 19.7. The molecule has 1 aliphatic carbocycles. The molecule has 1 aliphatic rings. The molecule has 78 valence electrons. The minimum Gasteiger partial charge on any atom is -0.353 e. The van der Waals surface area contributed by atoms with Crippen LogP contribution in [0.25, 0.3) is 0 Å². The van der Waals surface area contributed by atoms with E-state index in [4.69, 9.17) is 11.0 Å². The van der Waals surface area contributed by atoms with Crippen LogP contribution < -0.4 is 11.1 Å². The topological polar surface area (TPSA) is 78.9 Å². The largest absolute Gasteiger partial charge is 0.353 e. The third kappa shape index (κ3) is 2.71. The minimum atomic E-state index is -0.673. The molecule has 0 aromatic heterocycles. The van der Waals surface area contributed by atoms with Crippen molar-refractivity contribution in [3.05, 3.63) is 0 Å². The molecule has 4 heteroatoms. The molecule has 4 nitrogen and oxygen atoms in total. The van der Waals surface area contributed by atoms with Crippen molar-refractivity contribution in [1.29, 1.82) is 5.26 Å². The summed E-state index contributed by atoms with van der Waals surface area (Å²) in [4.78, 5) is 11.6. The van der Waals surface area contributed by atoms with Crippen molar-refractivity contribution < 1.29 is 4.79 Å². The number of amides is 1. The van der Waals surface area contributed by atoms with Crippen LogP contribution in [-0.4, -0.2) is 18.0 Å². The van der Waals surface area contributed by atoms with Gasteiger partial charge in [-0.05, 0) is 12.8 Å². The lowest BCUT2D eigenvalue weighted by Crippen LogP contribution is -2.55. The molecular formula is C10H17N3O. The zero-order chi connectivity index (χ0) is 10.4. The summed E-state index contributed by atoms with van der Waals surface area (Å²) in [6.07, 6.45) is 5.12. The Morgan fingerprint density at radius 1 is 1.43 bits per heavy atom. The molecule has 0 heterocycles. The van der Waals surface area contributed by atoms with Crippen LogP contribution >= 0.6 is 0 Å². The Morgan fingerprint density at radius 3 is 2.64 bits per heavy atom. The van der Waals surface area contributed by atoms with Crippen molar-refractivity contribution in [3.63, 3.8) is 0 Å². The van der Waals surface area contributed by atoms with Gasteiger partial charge in [0.05, 0.1) is 18.0 Å². The standard InChI is InChI=1S/C10H17N3O/c11-7-4-8-13-9(14)10(12)5-2-1-3-6-10/h1-6,8,12H2,(H,13,14). The summed E-state index contributed by atoms with van der Waals surface area (Å²) in [6.45, 7) is 0.411. The quantitative estimate of drug-likeness (QED) is 0.650. The average molecular weight is 195 g/mol. The third-order valence-electron chi connectivity index (χ3n) is 2.72.